The van der Waals surface area contributed by atoms with Crippen LogP contribution in [0.1, 0.15) is 16.8 Å². The van der Waals surface area contributed by atoms with Crippen LogP contribution in [0.2, 0.25) is 0 Å². The van der Waals surface area contributed by atoms with E-state index >= 15 is 0 Å². The molecule has 1 spiro atoms. The van der Waals surface area contributed by atoms with Gasteiger partial charge in [0.25, 0.3) is 5.56 Å². The normalized spacial score (nSPS) is 18.3. The van der Waals surface area contributed by atoms with E-state index in [1.807, 2.05) is 19.0 Å². The van der Waals surface area contributed by atoms with E-state index in [1.54, 1.807) is 37.3 Å². The monoisotopic (exact) mass is 496 g/mol. The van der Waals surface area contributed by atoms with E-state index in [4.69, 9.17) is 19.9 Å². The zero-order chi connectivity index (χ0) is 26.4. The van der Waals surface area contributed by atoms with Gasteiger partial charge in [-0.1, -0.05) is 18.2 Å². The second-order valence-corrected chi connectivity index (χ2v) is 8.85. The van der Waals surface area contributed by atoms with Crippen LogP contribution < -0.4 is 20.9 Å². The van der Waals surface area contributed by atoms with Crippen molar-refractivity contribution in [1.29, 1.82) is 0 Å². The molecular formula is C25H28N4O7. The average molecular weight is 497 g/mol. The summed E-state index contributed by atoms with van der Waals surface area (Å²) in [4.78, 5) is 57.0. The largest absolute Gasteiger partial charge is 0.468 e. The maximum atomic E-state index is 14.4. The number of fused-ring (bicyclic) bond motifs is 4. The number of rotatable bonds is 6. The summed E-state index contributed by atoms with van der Waals surface area (Å²) < 4.78 is 17.1. The maximum absolute atomic E-state index is 14.4. The average Bonchev–Trinajstić information content (AvgIpc) is 3.06. The molecule has 2 aliphatic heterocycles. The second-order valence-electron chi connectivity index (χ2n) is 8.85. The van der Waals surface area contributed by atoms with Crippen molar-refractivity contribution >= 4 is 23.5 Å². The van der Waals surface area contributed by atoms with Gasteiger partial charge in [0, 0.05) is 36.1 Å². The minimum Gasteiger partial charge on any atom is -0.468 e. The van der Waals surface area contributed by atoms with Gasteiger partial charge in [-0.05, 0) is 27.1 Å². The van der Waals surface area contributed by atoms with E-state index in [1.165, 1.54) is 16.6 Å². The van der Waals surface area contributed by atoms with E-state index in [9.17, 15) is 19.2 Å². The highest BCUT2D eigenvalue weighted by Gasteiger charge is 2.62. The van der Waals surface area contributed by atoms with Gasteiger partial charge in [0.15, 0.2) is 0 Å². The van der Waals surface area contributed by atoms with Crippen LogP contribution in [0.3, 0.4) is 0 Å². The van der Waals surface area contributed by atoms with Crippen LogP contribution in [0.15, 0.2) is 46.6 Å². The number of hydrogen-bond donors (Lipinski definition) is 1. The van der Waals surface area contributed by atoms with Gasteiger partial charge < -0.3 is 29.4 Å². The predicted octanol–water partition coefficient (Wildman–Crippen LogP) is 0.260. The van der Waals surface area contributed by atoms with Crippen molar-refractivity contribution in [3.05, 3.63) is 69.0 Å². The number of carbonyl (C=O) groups is 3. The number of amides is 1. The van der Waals surface area contributed by atoms with E-state index in [0.29, 0.717) is 30.0 Å². The quantitative estimate of drug-likeness (QED) is 0.559. The fourth-order valence-electron chi connectivity index (χ4n) is 4.87. The highest BCUT2D eigenvalue weighted by Crippen LogP contribution is 2.54. The van der Waals surface area contributed by atoms with Gasteiger partial charge in [-0.15, -0.1) is 0 Å². The van der Waals surface area contributed by atoms with Crippen LogP contribution >= 0.6 is 0 Å². The fourth-order valence-corrected chi connectivity index (χ4v) is 4.87. The minimum absolute atomic E-state index is 0.0619. The number of methoxy groups -OCH3 is 2. The van der Waals surface area contributed by atoms with E-state index in [0.717, 1.165) is 7.11 Å². The van der Waals surface area contributed by atoms with E-state index < -0.39 is 35.4 Å². The van der Waals surface area contributed by atoms with Gasteiger partial charge in [-0.2, -0.15) is 0 Å². The first-order valence-electron chi connectivity index (χ1n) is 11.2. The lowest BCUT2D eigenvalue weighted by atomic mass is 9.68. The summed E-state index contributed by atoms with van der Waals surface area (Å²) in [6.07, 6.45) is 0. The zero-order valence-electron chi connectivity index (χ0n) is 20.8. The van der Waals surface area contributed by atoms with Gasteiger partial charge >= 0.3 is 11.9 Å². The summed E-state index contributed by atoms with van der Waals surface area (Å²) in [6.45, 7) is 2.19. The molecular weight excluding hydrogens is 468 g/mol. The second kappa shape index (κ2) is 9.15. The number of benzene rings is 1. The standard InChI is InChI=1S/C25H28N4O7/c1-14-12-17-19(22(31)28(14)11-10-27(2)3)25(20(21(26)36-17)23(32)35-5)15-8-6-7-9-16(15)29(24(25)33)13-18(30)34-4/h6-9,12H,10-11,13,26H2,1-5H3. The Bertz CT molecular complexity index is 1360. The molecule has 0 saturated carbocycles. The van der Waals surface area contributed by atoms with Crippen LogP contribution in [0.5, 0.6) is 5.75 Å². The molecule has 1 atom stereocenters. The lowest BCUT2D eigenvalue weighted by Gasteiger charge is -2.36. The van der Waals surface area contributed by atoms with Crippen molar-refractivity contribution < 1.29 is 28.6 Å². The minimum atomic E-state index is -1.99. The number of nitrogens with zero attached hydrogens (tertiary/aromatic N) is 3. The van der Waals surface area contributed by atoms with E-state index in [2.05, 4.69) is 0 Å². The highest BCUT2D eigenvalue weighted by atomic mass is 16.5. The molecule has 0 radical (unpaired) electrons. The Labute approximate surface area is 207 Å². The molecule has 2 aromatic rings. The number of carbonyl (C=O) groups excluding carboxylic acids is 3. The third-order valence-corrected chi connectivity index (χ3v) is 6.53. The number of aryl methyl sites for hydroxylation is 1. The van der Waals surface area contributed by atoms with Crippen molar-refractivity contribution in [3.63, 3.8) is 0 Å². The third-order valence-electron chi connectivity index (χ3n) is 6.53. The first-order chi connectivity index (χ1) is 17.1. The summed E-state index contributed by atoms with van der Waals surface area (Å²) >= 11 is 0. The first kappa shape index (κ1) is 25.0. The number of para-hydroxylation sites is 1. The van der Waals surface area contributed by atoms with Crippen molar-refractivity contribution in [3.8, 4) is 5.75 Å². The summed E-state index contributed by atoms with van der Waals surface area (Å²) in [7, 11) is 6.11. The fraction of sp³-hybridized carbons (Fsp3) is 0.360. The molecule has 11 nitrogen and oxygen atoms in total. The van der Waals surface area contributed by atoms with Gasteiger partial charge in [0.2, 0.25) is 11.8 Å². The Morgan fingerprint density at radius 1 is 1.14 bits per heavy atom. The Balaban J connectivity index is 2.11. The van der Waals surface area contributed by atoms with Crippen molar-refractivity contribution in [2.75, 3.05) is 46.3 Å². The molecule has 190 valence electrons. The highest BCUT2D eigenvalue weighted by molar-refractivity contribution is 6.19. The van der Waals surface area contributed by atoms with Gasteiger partial charge in [-0.3, -0.25) is 19.3 Å². The van der Waals surface area contributed by atoms with Crippen LogP contribution in [-0.4, -0.2) is 68.7 Å². The molecule has 1 unspecified atom stereocenters. The molecule has 36 heavy (non-hydrogen) atoms. The molecule has 4 rings (SSSR count). The number of aromatic nitrogens is 1. The first-order valence-corrected chi connectivity index (χ1v) is 11.2. The Kier molecular flexibility index (Phi) is 6.35. The molecule has 1 aromatic heterocycles. The molecule has 0 fully saturated rings. The number of likely N-dealkylation sites (N-methyl/N-ethyl adjacent to an activating group) is 1. The lowest BCUT2D eigenvalue weighted by molar-refractivity contribution is -0.140. The Hall–Kier alpha value is -4.12. The molecule has 0 aliphatic carbocycles. The maximum Gasteiger partial charge on any atom is 0.340 e. The molecule has 2 aliphatic rings. The smallest absolute Gasteiger partial charge is 0.340 e. The summed E-state index contributed by atoms with van der Waals surface area (Å²) in [5.74, 6) is -2.61. The number of ether oxygens (including phenoxy) is 3. The Morgan fingerprint density at radius 3 is 2.47 bits per heavy atom. The van der Waals surface area contributed by atoms with Crippen molar-refractivity contribution in [1.82, 2.24) is 9.47 Å². The molecule has 1 amide bonds. The lowest BCUT2D eigenvalue weighted by Crippen LogP contribution is -2.52. The molecule has 11 heteroatoms. The molecule has 3 heterocycles. The third kappa shape index (κ3) is 3.54. The summed E-state index contributed by atoms with van der Waals surface area (Å²) in [5, 5.41) is 0. The molecule has 0 bridgehead atoms. The van der Waals surface area contributed by atoms with Gasteiger partial charge in [-0.25, -0.2) is 4.79 Å². The number of pyridine rings is 1. The zero-order valence-corrected chi connectivity index (χ0v) is 20.8. The summed E-state index contributed by atoms with van der Waals surface area (Å²) in [5.41, 5.74) is 4.60. The number of nitrogens with two attached hydrogens (primary N) is 1. The predicted molar refractivity (Wildman–Crippen MR) is 129 cm³/mol. The van der Waals surface area contributed by atoms with Crippen LogP contribution in [0, 0.1) is 6.92 Å². The van der Waals surface area contributed by atoms with Gasteiger partial charge in [0.1, 0.15) is 23.3 Å². The number of hydrogen-bond acceptors (Lipinski definition) is 9. The van der Waals surface area contributed by atoms with E-state index in [-0.39, 0.29) is 22.8 Å². The number of anilines is 1. The molecule has 1 aromatic carbocycles. The molecule has 0 saturated heterocycles. The van der Waals surface area contributed by atoms with Crippen molar-refractivity contribution in [2.24, 2.45) is 5.73 Å². The van der Waals surface area contributed by atoms with Crippen LogP contribution in [-0.2, 0) is 35.8 Å². The molecule has 2 N–H and O–H groups in total. The summed E-state index contributed by atoms with van der Waals surface area (Å²) in [6, 6.07) is 8.23. The van der Waals surface area contributed by atoms with Crippen molar-refractivity contribution in [2.45, 2.75) is 18.9 Å². The number of esters is 2. The topological polar surface area (TPSA) is 133 Å². The van der Waals surface area contributed by atoms with Crippen LogP contribution in [0.4, 0.5) is 5.69 Å². The van der Waals surface area contributed by atoms with Gasteiger partial charge in [0.05, 0.1) is 19.8 Å². The Morgan fingerprint density at radius 2 is 1.83 bits per heavy atom. The SMILES string of the molecule is COC(=O)CN1C(=O)C2(C(C(=O)OC)=C(N)Oc3cc(C)n(CCN(C)C)c(=O)c32)c2ccccc21. The van der Waals surface area contributed by atoms with Crippen LogP contribution in [0.25, 0.3) is 0 Å².